The van der Waals surface area contributed by atoms with Gasteiger partial charge in [0.2, 0.25) is 5.95 Å². The van der Waals surface area contributed by atoms with Crippen LogP contribution in [0.2, 0.25) is 0 Å². The second kappa shape index (κ2) is 5.08. The number of hydrogen-bond donors (Lipinski definition) is 5. The molecule has 0 radical (unpaired) electrons. The van der Waals surface area contributed by atoms with Crippen LogP contribution in [-0.4, -0.2) is 54.8 Å². The molecule has 2 aromatic rings. The fourth-order valence-electron chi connectivity index (χ4n) is 2.56. The first-order valence-electron chi connectivity index (χ1n) is 6.40. The van der Waals surface area contributed by atoms with Gasteiger partial charge in [0.25, 0.3) is 5.56 Å². The number of aliphatic hydroxyl groups excluding tert-OH is 3. The van der Waals surface area contributed by atoms with Gasteiger partial charge < -0.3 is 30.4 Å². The summed E-state index contributed by atoms with van der Waals surface area (Å²) in [6.45, 7) is -0.491. The topological polar surface area (TPSA) is 170 Å². The van der Waals surface area contributed by atoms with Crippen LogP contribution in [0.1, 0.15) is 11.8 Å². The molecule has 0 aromatic carbocycles. The highest BCUT2D eigenvalue weighted by Crippen LogP contribution is 2.32. The van der Waals surface area contributed by atoms with E-state index in [1.807, 2.05) is 6.07 Å². The van der Waals surface area contributed by atoms with Gasteiger partial charge in [0.1, 0.15) is 29.8 Å². The summed E-state index contributed by atoms with van der Waals surface area (Å²) in [5.41, 5.74) is 4.99. The van der Waals surface area contributed by atoms with Crippen molar-refractivity contribution in [3.8, 4) is 6.07 Å². The third kappa shape index (κ3) is 1.96. The molecule has 0 bridgehead atoms. The second-order valence-electron chi connectivity index (χ2n) is 4.94. The number of rotatable bonds is 2. The van der Waals surface area contributed by atoms with E-state index in [-0.39, 0.29) is 22.5 Å². The van der Waals surface area contributed by atoms with Crippen LogP contribution in [-0.2, 0) is 4.74 Å². The molecule has 0 spiro atoms. The average molecular weight is 307 g/mol. The molecule has 3 heterocycles. The van der Waals surface area contributed by atoms with Crippen molar-refractivity contribution in [2.75, 3.05) is 12.3 Å². The number of aliphatic hydroxyl groups is 3. The molecule has 10 nitrogen and oxygen atoms in total. The molecule has 6 N–H and O–H groups in total. The summed E-state index contributed by atoms with van der Waals surface area (Å²) in [6, 6.07) is 1.85. The van der Waals surface area contributed by atoms with Gasteiger partial charge in [0, 0.05) is 6.20 Å². The number of nitrogens with zero attached hydrogens (tertiary/aromatic N) is 3. The number of aromatic amines is 1. The molecule has 10 heteroatoms. The van der Waals surface area contributed by atoms with Crippen molar-refractivity contribution in [2.45, 2.75) is 24.5 Å². The van der Waals surface area contributed by atoms with Crippen LogP contribution in [0.3, 0.4) is 0 Å². The third-order valence-electron chi connectivity index (χ3n) is 3.61. The van der Waals surface area contributed by atoms with Gasteiger partial charge in [0.05, 0.1) is 12.2 Å². The van der Waals surface area contributed by atoms with E-state index in [2.05, 4.69) is 9.97 Å². The van der Waals surface area contributed by atoms with Crippen LogP contribution in [0, 0.1) is 11.3 Å². The van der Waals surface area contributed by atoms with Crippen LogP contribution in [0.15, 0.2) is 11.0 Å². The third-order valence-corrected chi connectivity index (χ3v) is 3.61. The van der Waals surface area contributed by atoms with Crippen molar-refractivity contribution >= 4 is 17.0 Å². The molecule has 1 aliphatic heterocycles. The van der Waals surface area contributed by atoms with Crippen LogP contribution in [0.4, 0.5) is 5.95 Å². The molecular formula is C12H13N5O5. The number of nitrogens with two attached hydrogens (primary N) is 1. The van der Waals surface area contributed by atoms with E-state index in [4.69, 9.17) is 20.8 Å². The molecule has 0 amide bonds. The van der Waals surface area contributed by atoms with E-state index >= 15 is 0 Å². The highest BCUT2D eigenvalue weighted by atomic mass is 16.6. The highest BCUT2D eigenvalue weighted by molar-refractivity contribution is 5.83. The summed E-state index contributed by atoms with van der Waals surface area (Å²) in [6.07, 6.45) is -3.47. The molecule has 1 saturated heterocycles. The number of anilines is 1. The molecule has 4 atom stereocenters. The van der Waals surface area contributed by atoms with Crippen molar-refractivity contribution < 1.29 is 20.1 Å². The Morgan fingerprint density at radius 2 is 2.23 bits per heavy atom. The second-order valence-corrected chi connectivity index (χ2v) is 4.94. The lowest BCUT2D eigenvalue weighted by Crippen LogP contribution is -2.33. The van der Waals surface area contributed by atoms with Crippen molar-refractivity contribution in [2.24, 2.45) is 0 Å². The van der Waals surface area contributed by atoms with E-state index in [1.165, 1.54) is 10.8 Å². The molecule has 2 aromatic heterocycles. The van der Waals surface area contributed by atoms with E-state index < -0.39 is 36.7 Å². The molecule has 3 rings (SSSR count). The number of aromatic nitrogens is 3. The van der Waals surface area contributed by atoms with Crippen LogP contribution in [0.5, 0.6) is 0 Å². The smallest absolute Gasteiger partial charge is 0.263 e. The number of nitrogen functional groups attached to an aromatic ring is 1. The fraction of sp³-hybridized carbons (Fsp3) is 0.417. The molecule has 1 aliphatic rings. The van der Waals surface area contributed by atoms with Crippen LogP contribution in [0.25, 0.3) is 11.0 Å². The first-order chi connectivity index (χ1) is 10.5. The summed E-state index contributed by atoms with van der Waals surface area (Å²) < 4.78 is 6.63. The summed E-state index contributed by atoms with van der Waals surface area (Å²) in [7, 11) is 0. The summed E-state index contributed by atoms with van der Waals surface area (Å²) >= 11 is 0. The van der Waals surface area contributed by atoms with Crippen LogP contribution >= 0.6 is 0 Å². The summed E-state index contributed by atoms with van der Waals surface area (Å²) in [4.78, 5) is 18.2. The molecule has 1 unspecified atom stereocenters. The maximum absolute atomic E-state index is 11.9. The van der Waals surface area contributed by atoms with Gasteiger partial charge in [-0.2, -0.15) is 10.2 Å². The number of nitrogens with one attached hydrogen (secondary N) is 1. The predicted molar refractivity (Wildman–Crippen MR) is 72.5 cm³/mol. The van der Waals surface area contributed by atoms with Gasteiger partial charge in [-0.15, -0.1) is 0 Å². The first kappa shape index (κ1) is 14.5. The minimum atomic E-state index is -1.36. The monoisotopic (exact) mass is 307 g/mol. The molecule has 1 fully saturated rings. The van der Waals surface area contributed by atoms with Gasteiger partial charge in [-0.3, -0.25) is 9.78 Å². The average Bonchev–Trinajstić information content (AvgIpc) is 2.98. The van der Waals surface area contributed by atoms with Gasteiger partial charge in [-0.25, -0.2) is 0 Å². The number of nitriles is 1. The predicted octanol–water partition coefficient (Wildman–Crippen LogP) is -2.21. The lowest BCUT2D eigenvalue weighted by molar-refractivity contribution is -0.0508. The lowest BCUT2D eigenvalue weighted by atomic mass is 10.1. The standard InChI is InChI=1S/C12H13N5O5/c13-1-4-2-17(9-6(4)10(21)16-12(14)15-9)11-8(20)7(19)5(3-18)22-11/h2,5,7-8,11,18-20H,3H2,(H3,14,15,16,21)/t5-,7-,8-,11?/m1/s1. The Morgan fingerprint density at radius 3 is 2.82 bits per heavy atom. The first-order valence-corrected chi connectivity index (χ1v) is 6.40. The van der Waals surface area contributed by atoms with Crippen molar-refractivity contribution in [3.05, 3.63) is 22.1 Å². The highest BCUT2D eigenvalue weighted by Gasteiger charge is 2.44. The number of ether oxygens (including phenoxy) is 1. The summed E-state index contributed by atoms with van der Waals surface area (Å²) in [5.74, 6) is -0.159. The zero-order valence-corrected chi connectivity index (χ0v) is 11.2. The Hall–Kier alpha value is -2.45. The molecular weight excluding hydrogens is 294 g/mol. The Labute approximate surface area is 123 Å². The van der Waals surface area contributed by atoms with E-state index in [9.17, 15) is 15.0 Å². The number of H-pyrrole nitrogens is 1. The van der Waals surface area contributed by atoms with Crippen molar-refractivity contribution in [1.29, 1.82) is 5.26 Å². The molecule has 0 aliphatic carbocycles. The molecule has 22 heavy (non-hydrogen) atoms. The Bertz CT molecular complexity index is 822. The largest absolute Gasteiger partial charge is 0.394 e. The minimum Gasteiger partial charge on any atom is -0.394 e. The maximum Gasteiger partial charge on any atom is 0.263 e. The van der Waals surface area contributed by atoms with Gasteiger partial charge in [0.15, 0.2) is 11.9 Å². The Kier molecular flexibility index (Phi) is 3.34. The maximum atomic E-state index is 11.9. The lowest BCUT2D eigenvalue weighted by Gasteiger charge is -2.17. The minimum absolute atomic E-state index is 0.00874. The number of fused-ring (bicyclic) bond motifs is 1. The Balaban J connectivity index is 2.20. The van der Waals surface area contributed by atoms with Gasteiger partial charge in [-0.05, 0) is 0 Å². The molecule has 0 saturated carbocycles. The van der Waals surface area contributed by atoms with Crippen molar-refractivity contribution in [3.63, 3.8) is 0 Å². The van der Waals surface area contributed by atoms with Crippen LogP contribution < -0.4 is 11.3 Å². The SMILES string of the molecule is N#Cc1cn(C2O[C@H](CO)[C@@H](O)[C@H]2O)c2nc(N)[nH]c(=O)c12. The normalized spacial score (nSPS) is 28.1. The van der Waals surface area contributed by atoms with E-state index in [1.54, 1.807) is 0 Å². The zero-order valence-electron chi connectivity index (χ0n) is 11.2. The quantitative estimate of drug-likeness (QED) is 0.415. The number of hydrogen-bond acceptors (Lipinski definition) is 8. The fourth-order valence-corrected chi connectivity index (χ4v) is 2.56. The van der Waals surface area contributed by atoms with E-state index in [0.29, 0.717) is 0 Å². The Morgan fingerprint density at radius 1 is 1.50 bits per heavy atom. The van der Waals surface area contributed by atoms with Gasteiger partial charge in [-0.1, -0.05) is 0 Å². The zero-order chi connectivity index (χ0) is 16.0. The van der Waals surface area contributed by atoms with Crippen molar-refractivity contribution in [1.82, 2.24) is 14.5 Å². The van der Waals surface area contributed by atoms with Gasteiger partial charge >= 0.3 is 0 Å². The van der Waals surface area contributed by atoms with E-state index in [0.717, 1.165) is 0 Å². The summed E-state index contributed by atoms with van der Waals surface area (Å²) in [5, 5.41) is 38.1. The molecule has 116 valence electrons.